The molecule has 0 bridgehead atoms. The highest BCUT2D eigenvalue weighted by Crippen LogP contribution is 2.45. The molecule has 29 heavy (non-hydrogen) atoms. The molecule has 0 saturated heterocycles. The van der Waals surface area contributed by atoms with Gasteiger partial charge in [-0.15, -0.1) is 0 Å². The zero-order valence-electron chi connectivity index (χ0n) is 15.9. The van der Waals surface area contributed by atoms with E-state index in [4.69, 9.17) is 4.74 Å². The van der Waals surface area contributed by atoms with Crippen molar-refractivity contribution < 1.29 is 17.9 Å². The number of alkyl halides is 3. The summed E-state index contributed by atoms with van der Waals surface area (Å²) in [5.74, 6) is 0.942. The summed E-state index contributed by atoms with van der Waals surface area (Å²) in [6.07, 6.45) is -2.52. The van der Waals surface area contributed by atoms with Gasteiger partial charge in [0.15, 0.2) is 0 Å². The number of halogens is 3. The molecule has 0 spiro atoms. The third-order valence-electron chi connectivity index (χ3n) is 4.96. The molecule has 152 valence electrons. The van der Waals surface area contributed by atoms with Crippen LogP contribution < -0.4 is 10.4 Å². The van der Waals surface area contributed by atoms with E-state index in [9.17, 15) is 18.0 Å². The van der Waals surface area contributed by atoms with E-state index in [2.05, 4.69) is 10.4 Å². The molecule has 1 aromatic heterocycles. The number of tetrazole rings is 1. The first-order chi connectivity index (χ1) is 13.8. The largest absolute Gasteiger partial charge is 0.489 e. The fraction of sp³-hybridized carbons (Fsp3) is 0.350. The Balaban J connectivity index is 1.76. The second kappa shape index (κ2) is 7.06. The van der Waals surface area contributed by atoms with E-state index < -0.39 is 17.4 Å². The van der Waals surface area contributed by atoms with Gasteiger partial charge in [0.1, 0.15) is 12.4 Å². The standard InChI is InChI=1S/C20H19F3N4O2/c1-12-6-9-18(14(10-12)13-7-8-13)29-11-15-16(20(21,22)23)4-3-5-17(15)27-19(28)26(2)24-25-27/h3-6,9-10,13H,7-8,11H2,1-2H3. The van der Waals surface area contributed by atoms with Gasteiger partial charge in [-0.25, -0.2) is 4.79 Å². The van der Waals surface area contributed by atoms with Gasteiger partial charge in [0, 0.05) is 12.6 Å². The summed E-state index contributed by atoms with van der Waals surface area (Å²) in [6.45, 7) is 1.62. The summed E-state index contributed by atoms with van der Waals surface area (Å²) in [4.78, 5) is 12.2. The minimum absolute atomic E-state index is 0.00184. The summed E-state index contributed by atoms with van der Waals surface area (Å²) in [5.41, 5.74) is 0.407. The predicted molar refractivity (Wildman–Crippen MR) is 99.1 cm³/mol. The van der Waals surface area contributed by atoms with Crippen molar-refractivity contribution in [3.8, 4) is 11.4 Å². The van der Waals surface area contributed by atoms with Gasteiger partial charge in [0.25, 0.3) is 0 Å². The van der Waals surface area contributed by atoms with Crippen molar-refractivity contribution in [2.45, 2.75) is 38.5 Å². The van der Waals surface area contributed by atoms with Crippen molar-refractivity contribution in [2.24, 2.45) is 7.05 Å². The lowest BCUT2D eigenvalue weighted by Gasteiger charge is -2.18. The highest BCUT2D eigenvalue weighted by atomic mass is 19.4. The van der Waals surface area contributed by atoms with Crippen LogP contribution in [0.3, 0.4) is 0 Å². The van der Waals surface area contributed by atoms with Gasteiger partial charge in [-0.05, 0) is 59.9 Å². The number of ether oxygens (including phenoxy) is 1. The first-order valence-corrected chi connectivity index (χ1v) is 9.17. The summed E-state index contributed by atoms with van der Waals surface area (Å²) >= 11 is 0. The zero-order chi connectivity index (χ0) is 20.8. The second-order valence-corrected chi connectivity index (χ2v) is 7.20. The Hall–Kier alpha value is -3.10. The Morgan fingerprint density at radius 1 is 1.17 bits per heavy atom. The summed E-state index contributed by atoms with van der Waals surface area (Å²) in [7, 11) is 1.38. The molecule has 9 heteroatoms. The molecule has 0 atom stereocenters. The van der Waals surface area contributed by atoms with Crippen molar-refractivity contribution in [2.75, 3.05) is 0 Å². The Bertz CT molecular complexity index is 1110. The normalized spacial score (nSPS) is 14.2. The molecular formula is C20H19F3N4O2. The second-order valence-electron chi connectivity index (χ2n) is 7.20. The molecule has 0 radical (unpaired) electrons. The van der Waals surface area contributed by atoms with Gasteiger partial charge in [0.05, 0.1) is 11.3 Å². The zero-order valence-corrected chi connectivity index (χ0v) is 15.9. The van der Waals surface area contributed by atoms with Gasteiger partial charge >= 0.3 is 11.9 Å². The Labute approximate surface area is 164 Å². The molecule has 3 aromatic rings. The SMILES string of the molecule is Cc1ccc(OCc2c(-n3nnn(C)c3=O)cccc2C(F)(F)F)c(C2CC2)c1. The number of hydrogen-bond acceptors (Lipinski definition) is 4. The number of rotatable bonds is 5. The van der Waals surface area contributed by atoms with Crippen LogP contribution >= 0.6 is 0 Å². The molecule has 4 rings (SSSR count). The Morgan fingerprint density at radius 3 is 2.55 bits per heavy atom. The van der Waals surface area contributed by atoms with Crippen molar-refractivity contribution >= 4 is 0 Å². The molecule has 1 saturated carbocycles. The van der Waals surface area contributed by atoms with Crippen LogP contribution in [0.25, 0.3) is 5.69 Å². The summed E-state index contributed by atoms with van der Waals surface area (Å²) < 4.78 is 48.6. The van der Waals surface area contributed by atoms with Gasteiger partial charge < -0.3 is 4.74 Å². The Morgan fingerprint density at radius 2 is 1.93 bits per heavy atom. The third-order valence-corrected chi connectivity index (χ3v) is 4.96. The maximum Gasteiger partial charge on any atom is 0.416 e. The average molecular weight is 404 g/mol. The molecule has 1 aliphatic rings. The predicted octanol–water partition coefficient (Wildman–Crippen LogP) is 3.75. The number of aryl methyl sites for hydroxylation is 2. The number of aromatic nitrogens is 4. The topological polar surface area (TPSA) is 61.9 Å². The van der Waals surface area contributed by atoms with E-state index >= 15 is 0 Å². The summed E-state index contributed by atoms with van der Waals surface area (Å²) in [6, 6.07) is 9.28. The fourth-order valence-corrected chi connectivity index (χ4v) is 3.32. The van der Waals surface area contributed by atoms with Crippen LogP contribution in [0.5, 0.6) is 5.75 Å². The van der Waals surface area contributed by atoms with Gasteiger partial charge in [-0.3, -0.25) is 0 Å². The third kappa shape index (κ3) is 3.76. The van der Waals surface area contributed by atoms with Crippen LogP contribution in [0, 0.1) is 6.92 Å². The number of nitrogens with zero attached hydrogens (tertiary/aromatic N) is 4. The maximum absolute atomic E-state index is 13.7. The smallest absolute Gasteiger partial charge is 0.416 e. The molecule has 0 N–H and O–H groups in total. The van der Waals surface area contributed by atoms with E-state index in [-0.39, 0.29) is 17.9 Å². The van der Waals surface area contributed by atoms with E-state index in [0.29, 0.717) is 11.7 Å². The molecule has 1 fully saturated rings. The molecule has 0 unspecified atom stereocenters. The van der Waals surface area contributed by atoms with Gasteiger partial charge in [-0.2, -0.15) is 22.5 Å². The van der Waals surface area contributed by atoms with Crippen molar-refractivity contribution in [3.05, 3.63) is 69.1 Å². The molecular weight excluding hydrogens is 385 g/mol. The fourth-order valence-electron chi connectivity index (χ4n) is 3.32. The van der Waals surface area contributed by atoms with Gasteiger partial charge in [-0.1, -0.05) is 23.8 Å². The van der Waals surface area contributed by atoms with Crippen LogP contribution in [0.15, 0.2) is 41.2 Å². The maximum atomic E-state index is 13.7. The lowest BCUT2D eigenvalue weighted by molar-refractivity contribution is -0.138. The monoisotopic (exact) mass is 404 g/mol. The first-order valence-electron chi connectivity index (χ1n) is 9.17. The van der Waals surface area contributed by atoms with E-state index in [1.54, 1.807) is 6.07 Å². The molecule has 1 aliphatic carbocycles. The van der Waals surface area contributed by atoms with Crippen LogP contribution in [0.1, 0.15) is 41.0 Å². The molecule has 6 nitrogen and oxygen atoms in total. The quantitative estimate of drug-likeness (QED) is 0.650. The minimum atomic E-state index is -4.60. The average Bonchev–Trinajstić information content (AvgIpc) is 3.46. The first kappa shape index (κ1) is 19.2. The van der Waals surface area contributed by atoms with Crippen molar-refractivity contribution in [3.63, 3.8) is 0 Å². The molecule has 0 aliphatic heterocycles. The van der Waals surface area contributed by atoms with Crippen LogP contribution in [-0.2, 0) is 19.8 Å². The number of hydrogen-bond donors (Lipinski definition) is 0. The van der Waals surface area contributed by atoms with E-state index in [1.807, 2.05) is 19.1 Å². The molecule has 1 heterocycles. The van der Waals surface area contributed by atoms with Crippen LogP contribution in [0.2, 0.25) is 0 Å². The highest BCUT2D eigenvalue weighted by Gasteiger charge is 2.35. The van der Waals surface area contributed by atoms with E-state index in [1.165, 1.54) is 19.2 Å². The summed E-state index contributed by atoms with van der Waals surface area (Å²) in [5, 5.41) is 7.28. The van der Waals surface area contributed by atoms with Crippen molar-refractivity contribution in [1.29, 1.82) is 0 Å². The van der Waals surface area contributed by atoms with Crippen LogP contribution in [-0.4, -0.2) is 19.8 Å². The lowest BCUT2D eigenvalue weighted by Crippen LogP contribution is -2.24. The minimum Gasteiger partial charge on any atom is -0.489 e. The van der Waals surface area contributed by atoms with Crippen LogP contribution in [0.4, 0.5) is 13.2 Å². The molecule has 2 aromatic carbocycles. The van der Waals surface area contributed by atoms with E-state index in [0.717, 1.165) is 39.4 Å². The molecule has 0 amide bonds. The lowest BCUT2D eigenvalue weighted by atomic mass is 10.0. The highest BCUT2D eigenvalue weighted by molar-refractivity contribution is 5.47. The Kier molecular flexibility index (Phi) is 4.68. The van der Waals surface area contributed by atoms with Crippen molar-refractivity contribution in [1.82, 2.24) is 19.8 Å². The number of benzene rings is 2. The van der Waals surface area contributed by atoms with Gasteiger partial charge in [0.2, 0.25) is 0 Å².